The standard InChI is InChI=1S/C5H5NO4/c7-5(8)6-4-3-9-1-2-10-4/h1-3,6H,(H,7,8). The Hall–Kier alpha value is -1.65. The van der Waals surface area contributed by atoms with Crippen LogP contribution < -0.4 is 5.32 Å². The van der Waals surface area contributed by atoms with Crippen molar-refractivity contribution < 1.29 is 19.4 Å². The van der Waals surface area contributed by atoms with Crippen molar-refractivity contribution in [1.82, 2.24) is 5.32 Å². The van der Waals surface area contributed by atoms with Crippen LogP contribution in [0.1, 0.15) is 0 Å². The maximum Gasteiger partial charge on any atom is 0.411 e. The molecule has 1 aliphatic rings. The molecule has 1 aliphatic heterocycles. The minimum atomic E-state index is -1.19. The van der Waals surface area contributed by atoms with Gasteiger partial charge in [-0.25, -0.2) is 4.79 Å². The van der Waals surface area contributed by atoms with E-state index in [-0.39, 0.29) is 5.88 Å². The van der Waals surface area contributed by atoms with Gasteiger partial charge in [-0.3, -0.25) is 5.32 Å². The summed E-state index contributed by atoms with van der Waals surface area (Å²) in [7, 11) is 0. The molecule has 1 heterocycles. The van der Waals surface area contributed by atoms with E-state index in [2.05, 4.69) is 9.47 Å². The first-order chi connectivity index (χ1) is 4.79. The molecule has 0 aromatic carbocycles. The maximum absolute atomic E-state index is 9.96. The molecule has 0 aromatic rings. The lowest BCUT2D eigenvalue weighted by Crippen LogP contribution is -2.21. The van der Waals surface area contributed by atoms with Gasteiger partial charge in [0.25, 0.3) is 0 Å². The van der Waals surface area contributed by atoms with Crippen LogP contribution in [-0.4, -0.2) is 11.2 Å². The van der Waals surface area contributed by atoms with Gasteiger partial charge in [0.15, 0.2) is 6.26 Å². The first kappa shape index (κ1) is 6.47. The molecule has 0 fully saturated rings. The fourth-order valence-electron chi connectivity index (χ4n) is 0.426. The van der Waals surface area contributed by atoms with Gasteiger partial charge in [0.1, 0.15) is 12.5 Å². The van der Waals surface area contributed by atoms with Gasteiger partial charge in [0.05, 0.1) is 0 Å². The fourth-order valence-corrected chi connectivity index (χ4v) is 0.426. The van der Waals surface area contributed by atoms with E-state index >= 15 is 0 Å². The van der Waals surface area contributed by atoms with E-state index < -0.39 is 6.09 Å². The molecule has 0 unspecified atom stereocenters. The van der Waals surface area contributed by atoms with Gasteiger partial charge in [-0.1, -0.05) is 0 Å². The highest BCUT2D eigenvalue weighted by molar-refractivity contribution is 5.66. The Bertz CT molecular complexity index is 196. The van der Waals surface area contributed by atoms with Crippen molar-refractivity contribution in [3.05, 3.63) is 24.7 Å². The summed E-state index contributed by atoms with van der Waals surface area (Å²) in [6.45, 7) is 0. The van der Waals surface area contributed by atoms with E-state index in [0.29, 0.717) is 0 Å². The molecule has 0 aromatic heterocycles. The van der Waals surface area contributed by atoms with Gasteiger partial charge in [-0.15, -0.1) is 0 Å². The van der Waals surface area contributed by atoms with Crippen LogP contribution in [0.4, 0.5) is 4.79 Å². The quantitative estimate of drug-likeness (QED) is 0.563. The van der Waals surface area contributed by atoms with Crippen molar-refractivity contribution >= 4 is 6.09 Å². The van der Waals surface area contributed by atoms with Crippen LogP contribution in [0.2, 0.25) is 0 Å². The Morgan fingerprint density at radius 2 is 2.40 bits per heavy atom. The molecule has 0 atom stereocenters. The Kier molecular flexibility index (Phi) is 1.79. The van der Waals surface area contributed by atoms with Gasteiger partial charge < -0.3 is 14.6 Å². The number of hydrogen-bond acceptors (Lipinski definition) is 3. The van der Waals surface area contributed by atoms with E-state index in [1.807, 2.05) is 5.32 Å². The molecule has 0 saturated carbocycles. The van der Waals surface area contributed by atoms with E-state index in [0.717, 1.165) is 6.26 Å². The molecule has 0 bridgehead atoms. The smallest absolute Gasteiger partial charge is 0.411 e. The Morgan fingerprint density at radius 3 is 2.90 bits per heavy atom. The molecule has 2 N–H and O–H groups in total. The van der Waals surface area contributed by atoms with Gasteiger partial charge in [-0.05, 0) is 0 Å². The van der Waals surface area contributed by atoms with E-state index in [9.17, 15) is 4.79 Å². The van der Waals surface area contributed by atoms with Crippen LogP contribution in [0.5, 0.6) is 0 Å². The molecule has 0 spiro atoms. The lowest BCUT2D eigenvalue weighted by molar-refractivity contribution is 0.180. The lowest BCUT2D eigenvalue weighted by Gasteiger charge is -2.07. The Labute approximate surface area is 56.5 Å². The maximum atomic E-state index is 9.96. The second kappa shape index (κ2) is 2.77. The summed E-state index contributed by atoms with van der Waals surface area (Å²) in [4.78, 5) is 9.96. The fraction of sp³-hybridized carbons (Fsp3) is 0. The van der Waals surface area contributed by atoms with Crippen LogP contribution in [0, 0.1) is 0 Å². The van der Waals surface area contributed by atoms with Crippen molar-refractivity contribution in [2.24, 2.45) is 0 Å². The molecule has 0 radical (unpaired) electrons. The van der Waals surface area contributed by atoms with Crippen LogP contribution in [0.25, 0.3) is 0 Å². The summed E-state index contributed by atoms with van der Waals surface area (Å²) in [6, 6.07) is 0. The number of carbonyl (C=O) groups is 1. The highest BCUT2D eigenvalue weighted by Crippen LogP contribution is 2.00. The second-order valence-electron chi connectivity index (χ2n) is 1.44. The van der Waals surface area contributed by atoms with Crippen LogP contribution in [0.3, 0.4) is 0 Å². The van der Waals surface area contributed by atoms with Crippen molar-refractivity contribution in [2.45, 2.75) is 0 Å². The molecular weight excluding hydrogens is 138 g/mol. The zero-order valence-corrected chi connectivity index (χ0v) is 4.90. The average molecular weight is 143 g/mol. The first-order valence-electron chi connectivity index (χ1n) is 2.46. The molecule has 0 saturated heterocycles. The number of hydrogen-bond donors (Lipinski definition) is 2. The van der Waals surface area contributed by atoms with Crippen molar-refractivity contribution in [1.29, 1.82) is 0 Å². The van der Waals surface area contributed by atoms with Gasteiger partial charge >= 0.3 is 6.09 Å². The minimum Gasteiger partial charge on any atom is -0.465 e. The number of carboxylic acid groups (broad SMARTS) is 1. The molecule has 0 aliphatic carbocycles. The van der Waals surface area contributed by atoms with Crippen molar-refractivity contribution in [2.75, 3.05) is 0 Å². The third kappa shape index (κ3) is 1.70. The minimum absolute atomic E-state index is 0.0509. The second-order valence-corrected chi connectivity index (χ2v) is 1.44. The van der Waals surface area contributed by atoms with Crippen LogP contribution in [0.15, 0.2) is 24.7 Å². The topological polar surface area (TPSA) is 67.8 Å². The normalized spacial score (nSPS) is 14.6. The zero-order valence-electron chi connectivity index (χ0n) is 4.90. The van der Waals surface area contributed by atoms with E-state index in [4.69, 9.17) is 5.11 Å². The first-order valence-corrected chi connectivity index (χ1v) is 2.46. The average Bonchev–Trinajstić information content (AvgIpc) is 1.88. The molecule has 1 amide bonds. The third-order valence-electron chi connectivity index (χ3n) is 0.734. The summed E-state index contributed by atoms with van der Waals surface area (Å²) >= 11 is 0. The van der Waals surface area contributed by atoms with Gasteiger partial charge in [-0.2, -0.15) is 0 Å². The monoisotopic (exact) mass is 143 g/mol. The van der Waals surface area contributed by atoms with Gasteiger partial charge in [0.2, 0.25) is 5.88 Å². The molecule has 5 nitrogen and oxygen atoms in total. The largest absolute Gasteiger partial charge is 0.465 e. The summed E-state index contributed by atoms with van der Waals surface area (Å²) in [6.07, 6.45) is 2.47. The zero-order chi connectivity index (χ0) is 7.40. The lowest BCUT2D eigenvalue weighted by atomic mass is 10.8. The predicted octanol–water partition coefficient (Wildman–Crippen LogP) is 0.571. The van der Waals surface area contributed by atoms with Crippen molar-refractivity contribution in [3.63, 3.8) is 0 Å². The summed E-state index contributed by atoms with van der Waals surface area (Å²) in [5.41, 5.74) is 0. The number of nitrogens with one attached hydrogen (secondary N) is 1. The Balaban J connectivity index is 2.41. The third-order valence-corrected chi connectivity index (χ3v) is 0.734. The SMILES string of the molecule is O=C(O)NC1=COC=CO1. The number of ether oxygens (including phenoxy) is 2. The predicted molar refractivity (Wildman–Crippen MR) is 30.6 cm³/mol. The number of amides is 1. The van der Waals surface area contributed by atoms with E-state index in [1.54, 1.807) is 0 Å². The number of rotatable bonds is 1. The summed E-state index contributed by atoms with van der Waals surface area (Å²) < 4.78 is 9.24. The molecule has 1 rings (SSSR count). The van der Waals surface area contributed by atoms with Crippen LogP contribution in [-0.2, 0) is 9.47 Å². The highest BCUT2D eigenvalue weighted by Gasteiger charge is 2.03. The van der Waals surface area contributed by atoms with Crippen molar-refractivity contribution in [3.8, 4) is 0 Å². The summed E-state index contributed by atoms with van der Waals surface area (Å²) in [5, 5.41) is 10.1. The van der Waals surface area contributed by atoms with Gasteiger partial charge in [0, 0.05) is 0 Å². The molecule has 10 heavy (non-hydrogen) atoms. The Morgan fingerprint density at radius 1 is 1.60 bits per heavy atom. The molecule has 54 valence electrons. The molecule has 5 heteroatoms. The van der Waals surface area contributed by atoms with Crippen LogP contribution >= 0.6 is 0 Å². The molecular formula is C5H5NO4. The van der Waals surface area contributed by atoms with E-state index in [1.165, 1.54) is 12.5 Å². The summed E-state index contributed by atoms with van der Waals surface area (Å²) in [5.74, 6) is 0.0509. The highest BCUT2D eigenvalue weighted by atomic mass is 16.5.